The third kappa shape index (κ3) is 2.84. The van der Waals surface area contributed by atoms with E-state index in [0.29, 0.717) is 10.9 Å². The molecule has 2 aromatic rings. The predicted molar refractivity (Wildman–Crippen MR) is 88.6 cm³/mol. The molecule has 1 aliphatic rings. The van der Waals surface area contributed by atoms with Crippen molar-refractivity contribution >= 4 is 24.2 Å². The summed E-state index contributed by atoms with van der Waals surface area (Å²) in [5, 5.41) is 8.06. The van der Waals surface area contributed by atoms with E-state index in [9.17, 15) is 0 Å². The van der Waals surface area contributed by atoms with Crippen LogP contribution in [0.15, 0.2) is 24.4 Å². The molecule has 0 amide bonds. The largest absolute Gasteiger partial charge is 0.498 e. The molecule has 1 aromatic heterocycles. The van der Waals surface area contributed by atoms with Crippen LogP contribution in [0.3, 0.4) is 0 Å². The van der Waals surface area contributed by atoms with Gasteiger partial charge in [0, 0.05) is 11.5 Å². The van der Waals surface area contributed by atoms with Gasteiger partial charge in [0.05, 0.1) is 30.2 Å². The Morgan fingerprint density at radius 1 is 1.17 bits per heavy atom. The van der Waals surface area contributed by atoms with Crippen molar-refractivity contribution in [3.05, 3.63) is 29.5 Å². The molecular formula is C15H19BClN3O3. The predicted octanol–water partition coefficient (Wildman–Crippen LogP) is 2.23. The molecule has 1 aromatic carbocycles. The lowest BCUT2D eigenvalue weighted by Crippen LogP contribution is -2.41. The molecular weight excluding hydrogens is 316 g/mol. The first-order valence-corrected chi connectivity index (χ1v) is 7.73. The van der Waals surface area contributed by atoms with Crippen LogP contribution in [0.5, 0.6) is 5.75 Å². The third-order valence-corrected chi connectivity index (χ3v) is 4.63. The van der Waals surface area contributed by atoms with Crippen molar-refractivity contribution in [2.45, 2.75) is 38.9 Å². The lowest BCUT2D eigenvalue weighted by molar-refractivity contribution is 0.00578. The van der Waals surface area contributed by atoms with Crippen molar-refractivity contribution in [3.8, 4) is 11.4 Å². The van der Waals surface area contributed by atoms with Crippen LogP contribution in [-0.2, 0) is 9.31 Å². The van der Waals surface area contributed by atoms with Gasteiger partial charge in [0.1, 0.15) is 5.75 Å². The first-order chi connectivity index (χ1) is 10.7. The molecule has 0 aliphatic carbocycles. The highest BCUT2D eigenvalue weighted by molar-refractivity contribution is 6.63. The second-order valence-electron chi connectivity index (χ2n) is 6.50. The molecule has 2 heterocycles. The van der Waals surface area contributed by atoms with Crippen molar-refractivity contribution in [1.82, 2.24) is 15.0 Å². The number of hydrogen-bond donors (Lipinski definition) is 0. The van der Waals surface area contributed by atoms with E-state index >= 15 is 0 Å². The molecule has 0 radical (unpaired) electrons. The van der Waals surface area contributed by atoms with Gasteiger partial charge in [-0.15, -0.1) is 5.10 Å². The van der Waals surface area contributed by atoms with Crippen molar-refractivity contribution in [2.75, 3.05) is 7.11 Å². The first-order valence-electron chi connectivity index (χ1n) is 7.35. The molecule has 3 rings (SSSR count). The first kappa shape index (κ1) is 16.3. The maximum atomic E-state index is 6.08. The highest BCUT2D eigenvalue weighted by atomic mass is 35.5. The summed E-state index contributed by atoms with van der Waals surface area (Å²) in [6.07, 6.45) is 1.63. The van der Waals surface area contributed by atoms with E-state index in [1.807, 2.05) is 45.9 Å². The van der Waals surface area contributed by atoms with Gasteiger partial charge >= 0.3 is 7.12 Å². The topological polar surface area (TPSA) is 58.4 Å². The van der Waals surface area contributed by atoms with Crippen molar-refractivity contribution in [3.63, 3.8) is 0 Å². The third-order valence-electron chi connectivity index (χ3n) is 4.45. The lowest BCUT2D eigenvalue weighted by atomic mass is 9.78. The van der Waals surface area contributed by atoms with E-state index in [2.05, 4.69) is 10.3 Å². The molecule has 0 saturated carbocycles. The Balaban J connectivity index is 1.95. The van der Waals surface area contributed by atoms with E-state index < -0.39 is 18.3 Å². The molecule has 0 atom stereocenters. The van der Waals surface area contributed by atoms with Gasteiger partial charge in [-0.25, -0.2) is 4.68 Å². The fourth-order valence-electron chi connectivity index (χ4n) is 2.38. The molecule has 1 fully saturated rings. The fraction of sp³-hybridized carbons (Fsp3) is 0.467. The fourth-order valence-corrected chi connectivity index (χ4v) is 2.50. The molecule has 0 spiro atoms. The molecule has 122 valence electrons. The minimum absolute atomic E-state index is 0.332. The van der Waals surface area contributed by atoms with E-state index in [4.69, 9.17) is 25.6 Å². The summed E-state index contributed by atoms with van der Waals surface area (Å²) in [5.41, 5.74) is 0.823. The molecule has 8 heteroatoms. The molecule has 1 aliphatic heterocycles. The number of rotatable bonds is 3. The van der Waals surface area contributed by atoms with Crippen LogP contribution in [0.1, 0.15) is 27.7 Å². The van der Waals surface area contributed by atoms with Crippen molar-refractivity contribution in [2.24, 2.45) is 0 Å². The summed E-state index contributed by atoms with van der Waals surface area (Å²) in [4.78, 5) is 0. The second-order valence-corrected chi connectivity index (χ2v) is 6.89. The monoisotopic (exact) mass is 335 g/mol. The van der Waals surface area contributed by atoms with Crippen LogP contribution < -0.4 is 10.2 Å². The number of benzene rings is 1. The Bertz CT molecular complexity index is 717. The Morgan fingerprint density at radius 3 is 2.35 bits per heavy atom. The van der Waals surface area contributed by atoms with Crippen LogP contribution in [-0.4, -0.2) is 40.4 Å². The number of aromatic nitrogens is 3. The quantitative estimate of drug-likeness (QED) is 0.805. The smallest absolute Gasteiger partial charge is 0.497 e. The van der Waals surface area contributed by atoms with Gasteiger partial charge in [-0.1, -0.05) is 22.9 Å². The lowest BCUT2D eigenvalue weighted by Gasteiger charge is -2.32. The zero-order valence-electron chi connectivity index (χ0n) is 13.8. The Kier molecular flexibility index (Phi) is 3.90. The molecule has 1 saturated heterocycles. The van der Waals surface area contributed by atoms with Crippen LogP contribution in [0.25, 0.3) is 5.69 Å². The maximum absolute atomic E-state index is 6.08. The van der Waals surface area contributed by atoms with Crippen molar-refractivity contribution < 1.29 is 14.0 Å². The van der Waals surface area contributed by atoms with E-state index in [0.717, 1.165) is 11.2 Å². The zero-order valence-corrected chi connectivity index (χ0v) is 14.6. The van der Waals surface area contributed by atoms with Crippen LogP contribution in [0, 0.1) is 0 Å². The molecule has 6 nitrogen and oxygen atoms in total. The van der Waals surface area contributed by atoms with E-state index in [-0.39, 0.29) is 0 Å². The van der Waals surface area contributed by atoms with E-state index in [1.54, 1.807) is 18.0 Å². The molecule has 0 unspecified atom stereocenters. The van der Waals surface area contributed by atoms with Gasteiger partial charge in [-0.05, 0) is 33.8 Å². The molecule has 0 bridgehead atoms. The molecule has 0 N–H and O–H groups in total. The highest BCUT2D eigenvalue weighted by Crippen LogP contribution is 2.37. The summed E-state index contributed by atoms with van der Waals surface area (Å²) >= 11 is 5.82. The van der Waals surface area contributed by atoms with Gasteiger partial charge in [-0.2, -0.15) is 0 Å². The number of methoxy groups -OCH3 is 1. The Hall–Kier alpha value is -1.57. The number of halogens is 1. The number of nitrogens with zero attached hydrogens (tertiary/aromatic N) is 3. The summed E-state index contributed by atoms with van der Waals surface area (Å²) in [6.45, 7) is 8.08. The number of hydrogen-bond acceptors (Lipinski definition) is 5. The van der Waals surface area contributed by atoms with Crippen LogP contribution in [0.2, 0.25) is 5.15 Å². The van der Waals surface area contributed by atoms with Crippen LogP contribution >= 0.6 is 11.6 Å². The van der Waals surface area contributed by atoms with Crippen LogP contribution in [0.4, 0.5) is 0 Å². The van der Waals surface area contributed by atoms with Gasteiger partial charge in [0.15, 0.2) is 5.15 Å². The normalized spacial score (nSPS) is 19.1. The average Bonchev–Trinajstić information content (AvgIpc) is 3.00. The summed E-state index contributed by atoms with van der Waals surface area (Å²) in [7, 11) is 1.13. The molecule has 23 heavy (non-hydrogen) atoms. The Morgan fingerprint density at radius 2 is 1.83 bits per heavy atom. The Labute approximate surface area is 140 Å². The van der Waals surface area contributed by atoms with Gasteiger partial charge < -0.3 is 14.0 Å². The minimum atomic E-state index is -0.483. The summed E-state index contributed by atoms with van der Waals surface area (Å²) in [6, 6.07) is 5.66. The van der Waals surface area contributed by atoms with E-state index in [1.165, 1.54) is 0 Å². The average molecular weight is 336 g/mol. The second kappa shape index (κ2) is 5.51. The maximum Gasteiger partial charge on any atom is 0.498 e. The summed E-state index contributed by atoms with van der Waals surface area (Å²) in [5.74, 6) is 0.660. The van der Waals surface area contributed by atoms with Gasteiger partial charge in [-0.3, -0.25) is 0 Å². The summed E-state index contributed by atoms with van der Waals surface area (Å²) < 4.78 is 19.3. The van der Waals surface area contributed by atoms with Gasteiger partial charge in [0.25, 0.3) is 0 Å². The highest BCUT2D eigenvalue weighted by Gasteiger charge is 2.52. The van der Waals surface area contributed by atoms with Gasteiger partial charge in [0.2, 0.25) is 0 Å². The zero-order chi connectivity index (χ0) is 16.8. The number of ether oxygens (including phenoxy) is 1. The SMILES string of the molecule is COc1cc(-n2cc(Cl)nn2)ccc1B1OC(C)(C)C(C)(C)O1. The minimum Gasteiger partial charge on any atom is -0.497 e. The van der Waals surface area contributed by atoms with Crippen molar-refractivity contribution in [1.29, 1.82) is 0 Å². The standard InChI is InChI=1S/C15H19BClN3O3/c1-14(2)15(3,4)23-16(22-14)11-7-6-10(8-12(11)21-5)20-9-13(17)18-19-20/h6-9H,1-5H3.